The van der Waals surface area contributed by atoms with Gasteiger partial charge in [-0.3, -0.25) is 9.69 Å². The van der Waals surface area contributed by atoms with Gasteiger partial charge in [0.1, 0.15) is 0 Å². The van der Waals surface area contributed by atoms with Crippen molar-refractivity contribution in [2.24, 2.45) is 0 Å². The van der Waals surface area contributed by atoms with Crippen LogP contribution in [0.3, 0.4) is 0 Å². The van der Waals surface area contributed by atoms with E-state index in [1.54, 1.807) is 0 Å². The quantitative estimate of drug-likeness (QED) is 0.724. The molecule has 0 aliphatic heterocycles. The van der Waals surface area contributed by atoms with E-state index in [1.165, 1.54) is 5.56 Å². The fourth-order valence-electron chi connectivity index (χ4n) is 1.56. The highest BCUT2D eigenvalue weighted by Gasteiger charge is 2.06. The van der Waals surface area contributed by atoms with E-state index in [0.717, 1.165) is 6.42 Å². The molecular formula is C13H16N2O2. The molecule has 0 amide bonds. The Morgan fingerprint density at radius 1 is 1.29 bits per heavy atom. The first-order chi connectivity index (χ1) is 8.22. The maximum atomic E-state index is 10.5. The van der Waals surface area contributed by atoms with Crippen molar-refractivity contribution in [1.29, 1.82) is 5.26 Å². The number of nitrogens with zero attached hydrogens (tertiary/aromatic N) is 2. The summed E-state index contributed by atoms with van der Waals surface area (Å²) in [7, 11) is 0. The number of carboxylic acids is 1. The SMILES string of the molecule is N#CCN(CCC(=O)O)CCc1ccccc1. The zero-order chi connectivity index (χ0) is 12.5. The summed E-state index contributed by atoms with van der Waals surface area (Å²) in [4.78, 5) is 12.3. The van der Waals surface area contributed by atoms with Crippen molar-refractivity contribution in [3.63, 3.8) is 0 Å². The van der Waals surface area contributed by atoms with Crippen LogP contribution >= 0.6 is 0 Å². The number of carbonyl (C=O) groups is 1. The lowest BCUT2D eigenvalue weighted by Crippen LogP contribution is -2.29. The van der Waals surface area contributed by atoms with Gasteiger partial charge in [-0.15, -0.1) is 0 Å². The van der Waals surface area contributed by atoms with E-state index in [4.69, 9.17) is 10.4 Å². The summed E-state index contributed by atoms with van der Waals surface area (Å²) in [5.74, 6) is -0.826. The topological polar surface area (TPSA) is 64.3 Å². The standard InChI is InChI=1S/C13H16N2O2/c14-8-11-15(10-7-13(16)17)9-6-12-4-2-1-3-5-12/h1-5H,6-7,9-11H2,(H,16,17). The number of nitriles is 1. The Labute approximate surface area is 101 Å². The fraction of sp³-hybridized carbons (Fsp3) is 0.385. The van der Waals surface area contributed by atoms with Gasteiger partial charge in [0.05, 0.1) is 19.0 Å². The molecule has 90 valence electrons. The number of benzene rings is 1. The molecule has 0 saturated heterocycles. The third-order valence-corrected chi connectivity index (χ3v) is 2.50. The molecule has 0 unspecified atom stereocenters. The second-order valence-electron chi connectivity index (χ2n) is 3.81. The summed E-state index contributed by atoms with van der Waals surface area (Å²) >= 11 is 0. The van der Waals surface area contributed by atoms with Crippen molar-refractivity contribution in [1.82, 2.24) is 4.90 Å². The maximum Gasteiger partial charge on any atom is 0.304 e. The molecule has 0 radical (unpaired) electrons. The molecule has 1 aromatic carbocycles. The van der Waals surface area contributed by atoms with Crippen molar-refractivity contribution >= 4 is 5.97 Å². The minimum absolute atomic E-state index is 0.0798. The highest BCUT2D eigenvalue weighted by Crippen LogP contribution is 2.02. The molecule has 0 bridgehead atoms. The molecule has 0 aromatic heterocycles. The van der Waals surface area contributed by atoms with Crippen LogP contribution in [-0.2, 0) is 11.2 Å². The molecule has 0 heterocycles. The second-order valence-corrected chi connectivity index (χ2v) is 3.81. The molecule has 4 nitrogen and oxygen atoms in total. The molecule has 1 N–H and O–H groups in total. The Balaban J connectivity index is 2.39. The average molecular weight is 232 g/mol. The van der Waals surface area contributed by atoms with Gasteiger partial charge in [0, 0.05) is 13.1 Å². The first-order valence-corrected chi connectivity index (χ1v) is 5.57. The zero-order valence-corrected chi connectivity index (χ0v) is 9.67. The van der Waals surface area contributed by atoms with Crippen LogP contribution in [0, 0.1) is 11.3 Å². The Morgan fingerprint density at radius 2 is 2.00 bits per heavy atom. The Kier molecular flexibility index (Phi) is 5.76. The van der Waals surface area contributed by atoms with Gasteiger partial charge in [0.2, 0.25) is 0 Å². The lowest BCUT2D eigenvalue weighted by Gasteiger charge is -2.17. The summed E-state index contributed by atoms with van der Waals surface area (Å²) in [6, 6.07) is 12.0. The van der Waals surface area contributed by atoms with Crippen LogP contribution in [0.2, 0.25) is 0 Å². The van der Waals surface area contributed by atoms with Gasteiger partial charge < -0.3 is 5.11 Å². The molecule has 4 heteroatoms. The second kappa shape index (κ2) is 7.42. The van der Waals surface area contributed by atoms with Crippen molar-refractivity contribution in [3.8, 4) is 6.07 Å². The number of hydrogen-bond donors (Lipinski definition) is 1. The van der Waals surface area contributed by atoms with E-state index < -0.39 is 5.97 Å². The molecular weight excluding hydrogens is 216 g/mol. The first-order valence-electron chi connectivity index (χ1n) is 5.57. The van der Waals surface area contributed by atoms with Gasteiger partial charge >= 0.3 is 5.97 Å². The van der Waals surface area contributed by atoms with Crippen LogP contribution in [-0.4, -0.2) is 35.6 Å². The van der Waals surface area contributed by atoms with Crippen LogP contribution in [0.25, 0.3) is 0 Å². The lowest BCUT2D eigenvalue weighted by atomic mass is 10.1. The van der Waals surface area contributed by atoms with Crippen LogP contribution < -0.4 is 0 Å². The van der Waals surface area contributed by atoms with Gasteiger partial charge in [0.25, 0.3) is 0 Å². The largest absolute Gasteiger partial charge is 0.481 e. The summed E-state index contributed by atoms with van der Waals surface area (Å²) in [6.07, 6.45) is 0.915. The van der Waals surface area contributed by atoms with E-state index >= 15 is 0 Å². The minimum atomic E-state index is -0.826. The van der Waals surface area contributed by atoms with Crippen LogP contribution in [0.1, 0.15) is 12.0 Å². The number of rotatable bonds is 7. The highest BCUT2D eigenvalue weighted by molar-refractivity contribution is 5.66. The van der Waals surface area contributed by atoms with Crippen molar-refractivity contribution < 1.29 is 9.90 Å². The highest BCUT2D eigenvalue weighted by atomic mass is 16.4. The van der Waals surface area contributed by atoms with Crippen molar-refractivity contribution in [2.75, 3.05) is 19.6 Å². The van der Waals surface area contributed by atoms with E-state index in [-0.39, 0.29) is 13.0 Å². The van der Waals surface area contributed by atoms with Gasteiger partial charge in [-0.05, 0) is 12.0 Å². The Hall–Kier alpha value is -1.86. The molecule has 1 rings (SSSR count). The van der Waals surface area contributed by atoms with Crippen molar-refractivity contribution in [2.45, 2.75) is 12.8 Å². The smallest absolute Gasteiger partial charge is 0.304 e. The molecule has 17 heavy (non-hydrogen) atoms. The van der Waals surface area contributed by atoms with Gasteiger partial charge in [-0.1, -0.05) is 30.3 Å². The molecule has 0 spiro atoms. The molecule has 0 fully saturated rings. The van der Waals surface area contributed by atoms with Crippen molar-refractivity contribution in [3.05, 3.63) is 35.9 Å². The first kappa shape index (κ1) is 13.2. The summed E-state index contributed by atoms with van der Waals surface area (Å²) in [6.45, 7) is 1.42. The predicted octanol–water partition coefficient (Wildman–Crippen LogP) is 1.53. The summed E-state index contributed by atoms with van der Waals surface area (Å²) < 4.78 is 0. The Bertz CT molecular complexity index is 384. The van der Waals surface area contributed by atoms with Gasteiger partial charge in [0.15, 0.2) is 0 Å². The minimum Gasteiger partial charge on any atom is -0.481 e. The van der Waals surface area contributed by atoms with Crippen LogP contribution in [0.5, 0.6) is 0 Å². The number of aliphatic carboxylic acids is 1. The lowest BCUT2D eigenvalue weighted by molar-refractivity contribution is -0.137. The van der Waals surface area contributed by atoms with E-state index in [2.05, 4.69) is 6.07 Å². The maximum absolute atomic E-state index is 10.5. The van der Waals surface area contributed by atoms with E-state index in [9.17, 15) is 4.79 Å². The third-order valence-electron chi connectivity index (χ3n) is 2.50. The Morgan fingerprint density at radius 3 is 2.59 bits per heavy atom. The number of hydrogen-bond acceptors (Lipinski definition) is 3. The summed E-state index contributed by atoms with van der Waals surface area (Å²) in [5.41, 5.74) is 1.20. The summed E-state index contributed by atoms with van der Waals surface area (Å²) in [5, 5.41) is 17.3. The molecule has 1 aromatic rings. The molecule has 0 saturated carbocycles. The third kappa shape index (κ3) is 5.69. The molecule has 0 aliphatic carbocycles. The van der Waals surface area contributed by atoms with Gasteiger partial charge in [-0.25, -0.2) is 0 Å². The van der Waals surface area contributed by atoms with E-state index in [1.807, 2.05) is 35.2 Å². The zero-order valence-electron chi connectivity index (χ0n) is 9.67. The normalized spacial score (nSPS) is 10.1. The monoisotopic (exact) mass is 232 g/mol. The molecule has 0 atom stereocenters. The van der Waals surface area contributed by atoms with E-state index in [0.29, 0.717) is 13.1 Å². The number of carboxylic acid groups (broad SMARTS) is 1. The predicted molar refractivity (Wildman–Crippen MR) is 64.5 cm³/mol. The molecule has 0 aliphatic rings. The average Bonchev–Trinajstić information content (AvgIpc) is 2.34. The van der Waals surface area contributed by atoms with Gasteiger partial charge in [-0.2, -0.15) is 5.26 Å². The van der Waals surface area contributed by atoms with Crippen LogP contribution in [0.4, 0.5) is 0 Å². The fourth-order valence-corrected chi connectivity index (χ4v) is 1.56. The van der Waals surface area contributed by atoms with Crippen LogP contribution in [0.15, 0.2) is 30.3 Å².